The summed E-state index contributed by atoms with van der Waals surface area (Å²) in [6.07, 6.45) is 1.72. The van der Waals surface area contributed by atoms with Gasteiger partial charge in [-0.15, -0.1) is 0 Å². The van der Waals surface area contributed by atoms with Crippen LogP contribution in [0.4, 0.5) is 0 Å². The highest BCUT2D eigenvalue weighted by atomic mass is 32.1. The summed E-state index contributed by atoms with van der Waals surface area (Å²) in [5.74, 6) is -1.30. The molecule has 116 valence electrons. The highest BCUT2D eigenvalue weighted by Crippen LogP contribution is 2.17. The first-order valence-electron chi connectivity index (χ1n) is 6.61. The summed E-state index contributed by atoms with van der Waals surface area (Å²) in [5.41, 5.74) is 0. The van der Waals surface area contributed by atoms with Gasteiger partial charge in [0.1, 0.15) is 12.6 Å². The lowest BCUT2D eigenvalue weighted by Gasteiger charge is -2.28. The molecule has 0 bridgehead atoms. The average Bonchev–Trinajstić information content (AvgIpc) is 2.32. The molecule has 0 aliphatic rings. The molecule has 0 aromatic rings. The Kier molecular flexibility index (Phi) is 8.29. The molecule has 20 heavy (non-hydrogen) atoms. The number of nitrogens with one attached hydrogen (secondary N) is 2. The van der Waals surface area contributed by atoms with Gasteiger partial charge in [-0.25, -0.2) is 0 Å². The zero-order chi connectivity index (χ0) is 15.8. The van der Waals surface area contributed by atoms with E-state index in [9.17, 15) is 14.4 Å². The van der Waals surface area contributed by atoms with E-state index in [0.29, 0.717) is 6.61 Å². The molecule has 0 fully saturated rings. The number of ether oxygens (including phenoxy) is 1. The quantitative estimate of drug-likeness (QED) is 0.349. The summed E-state index contributed by atoms with van der Waals surface area (Å²) in [6.45, 7) is 6.84. The number of thiol groups is 1. The maximum absolute atomic E-state index is 12.0. The highest BCUT2D eigenvalue weighted by Gasteiger charge is 2.33. The third-order valence-corrected chi connectivity index (χ3v) is 2.74. The molecule has 0 saturated carbocycles. The van der Waals surface area contributed by atoms with Gasteiger partial charge in [0.2, 0.25) is 11.8 Å². The first kappa shape index (κ1) is 18.8. The van der Waals surface area contributed by atoms with Crippen LogP contribution in [0.3, 0.4) is 0 Å². The second-order valence-corrected chi connectivity index (χ2v) is 6.23. The number of hydrogen-bond acceptors (Lipinski definition) is 5. The van der Waals surface area contributed by atoms with Crippen LogP contribution in [0.2, 0.25) is 0 Å². The van der Waals surface area contributed by atoms with E-state index in [4.69, 9.17) is 4.74 Å². The zero-order valence-corrected chi connectivity index (χ0v) is 13.4. The van der Waals surface area contributed by atoms with E-state index in [0.717, 1.165) is 12.8 Å². The van der Waals surface area contributed by atoms with Crippen molar-refractivity contribution in [3.8, 4) is 0 Å². The Balaban J connectivity index is 4.33. The molecule has 0 aromatic carbocycles. The lowest BCUT2D eigenvalue weighted by atomic mass is 10.0. The van der Waals surface area contributed by atoms with Crippen molar-refractivity contribution >= 4 is 30.4 Å². The number of hydrogen-bond donors (Lipinski definition) is 3. The minimum absolute atomic E-state index is 0.220. The van der Waals surface area contributed by atoms with E-state index < -0.39 is 22.7 Å². The summed E-state index contributed by atoms with van der Waals surface area (Å²) >= 11 is 4.29. The van der Waals surface area contributed by atoms with Crippen LogP contribution in [-0.4, -0.2) is 41.7 Å². The van der Waals surface area contributed by atoms with Crippen molar-refractivity contribution < 1.29 is 19.1 Å². The van der Waals surface area contributed by atoms with Gasteiger partial charge < -0.3 is 15.4 Å². The van der Waals surface area contributed by atoms with Gasteiger partial charge in [0.05, 0.1) is 6.61 Å². The van der Waals surface area contributed by atoms with Crippen molar-refractivity contribution in [2.45, 2.75) is 51.3 Å². The number of rotatable bonds is 8. The Morgan fingerprint density at radius 2 is 1.90 bits per heavy atom. The van der Waals surface area contributed by atoms with E-state index in [2.05, 4.69) is 23.3 Å². The summed E-state index contributed by atoms with van der Waals surface area (Å²) in [7, 11) is 0. The summed E-state index contributed by atoms with van der Waals surface area (Å²) in [5, 5.41) is 4.96. The van der Waals surface area contributed by atoms with Crippen LogP contribution in [0.25, 0.3) is 0 Å². The number of carbonyl (C=O) groups is 3. The van der Waals surface area contributed by atoms with Gasteiger partial charge in [-0.3, -0.25) is 14.4 Å². The van der Waals surface area contributed by atoms with Gasteiger partial charge in [-0.05, 0) is 20.3 Å². The Morgan fingerprint density at radius 1 is 1.30 bits per heavy atom. The topological polar surface area (TPSA) is 84.5 Å². The Morgan fingerprint density at radius 3 is 2.35 bits per heavy atom. The van der Waals surface area contributed by atoms with Crippen molar-refractivity contribution in [1.29, 1.82) is 0 Å². The van der Waals surface area contributed by atoms with Crippen molar-refractivity contribution in [3.05, 3.63) is 0 Å². The van der Waals surface area contributed by atoms with Gasteiger partial charge in [-0.1, -0.05) is 13.3 Å². The molecular weight excluding hydrogens is 280 g/mol. The Labute approximate surface area is 125 Å². The number of unbranched alkanes of at least 4 members (excludes halogenated alkanes) is 1. The molecule has 6 nitrogen and oxygen atoms in total. The molecule has 1 atom stereocenters. The monoisotopic (exact) mass is 304 g/mol. The molecule has 0 aliphatic carbocycles. The molecule has 0 heterocycles. The molecule has 7 heteroatoms. The third kappa shape index (κ3) is 8.04. The molecule has 0 unspecified atom stereocenters. The van der Waals surface area contributed by atoms with Crippen molar-refractivity contribution in [2.24, 2.45) is 0 Å². The van der Waals surface area contributed by atoms with E-state index >= 15 is 0 Å². The molecule has 2 amide bonds. The normalized spacial score (nSPS) is 12.4. The minimum atomic E-state index is -0.827. The van der Waals surface area contributed by atoms with Crippen LogP contribution in [0, 0.1) is 0 Å². The molecule has 0 spiro atoms. The maximum atomic E-state index is 12.0. The minimum Gasteiger partial charge on any atom is -0.464 e. The van der Waals surface area contributed by atoms with Gasteiger partial charge in [0.25, 0.3) is 0 Å². The highest BCUT2D eigenvalue weighted by molar-refractivity contribution is 7.81. The molecule has 0 saturated heterocycles. The summed E-state index contributed by atoms with van der Waals surface area (Å²) < 4.78 is 4.17. The summed E-state index contributed by atoms with van der Waals surface area (Å²) in [4.78, 5) is 34.5. The van der Waals surface area contributed by atoms with Crippen molar-refractivity contribution in [2.75, 3.05) is 13.2 Å². The van der Waals surface area contributed by atoms with Crippen molar-refractivity contribution in [3.63, 3.8) is 0 Å². The van der Waals surface area contributed by atoms with Gasteiger partial charge >= 0.3 is 5.97 Å². The molecule has 0 radical (unpaired) electrons. The second-order valence-electron chi connectivity index (χ2n) is 5.08. The van der Waals surface area contributed by atoms with Crippen LogP contribution < -0.4 is 10.6 Å². The fourth-order valence-corrected chi connectivity index (χ4v) is 1.59. The molecule has 0 aliphatic heterocycles. The van der Waals surface area contributed by atoms with Crippen LogP contribution in [-0.2, 0) is 19.1 Å². The van der Waals surface area contributed by atoms with E-state index in [1.165, 1.54) is 6.92 Å². The van der Waals surface area contributed by atoms with Crippen molar-refractivity contribution in [1.82, 2.24) is 10.6 Å². The number of amides is 2. The zero-order valence-electron chi connectivity index (χ0n) is 12.5. The van der Waals surface area contributed by atoms with E-state index in [1.807, 2.05) is 6.92 Å². The Bertz CT molecular complexity index is 353. The smallest absolute Gasteiger partial charge is 0.325 e. The van der Waals surface area contributed by atoms with Gasteiger partial charge in [0.15, 0.2) is 0 Å². The summed E-state index contributed by atoms with van der Waals surface area (Å²) in [6, 6.07) is -0.827. The van der Waals surface area contributed by atoms with Crippen LogP contribution in [0.15, 0.2) is 0 Å². The lowest BCUT2D eigenvalue weighted by Crippen LogP contribution is -2.55. The fraction of sp³-hybridized carbons (Fsp3) is 0.769. The first-order chi connectivity index (χ1) is 9.18. The number of esters is 1. The predicted molar refractivity (Wildman–Crippen MR) is 79.5 cm³/mol. The predicted octanol–water partition coefficient (Wildman–Crippen LogP) is 0.659. The maximum Gasteiger partial charge on any atom is 0.325 e. The van der Waals surface area contributed by atoms with E-state index in [1.54, 1.807) is 13.8 Å². The number of carbonyl (C=O) groups excluding carboxylic acids is 3. The van der Waals surface area contributed by atoms with E-state index in [-0.39, 0.29) is 12.5 Å². The fourth-order valence-electron chi connectivity index (χ4n) is 1.41. The lowest BCUT2D eigenvalue weighted by molar-refractivity contribution is -0.144. The molecule has 0 aromatic heterocycles. The molecule has 2 N–H and O–H groups in total. The van der Waals surface area contributed by atoms with Gasteiger partial charge in [0, 0.05) is 11.7 Å². The third-order valence-electron chi connectivity index (χ3n) is 2.48. The SMILES string of the molecule is CCCCOC(=O)CNC(=O)[C@@H](NC(C)=O)C(C)(C)S. The standard InChI is InChI=1S/C13H24N2O4S/c1-5-6-7-19-10(17)8-14-12(18)11(13(3,4)20)15-9(2)16/h11,20H,5-8H2,1-4H3,(H,14,18)(H,15,16)/t11-/m1/s1. The second kappa shape index (κ2) is 8.84. The van der Waals surface area contributed by atoms with Crippen LogP contribution >= 0.6 is 12.6 Å². The largest absolute Gasteiger partial charge is 0.464 e. The molecular formula is C13H24N2O4S. The van der Waals surface area contributed by atoms with Crippen LogP contribution in [0.5, 0.6) is 0 Å². The average molecular weight is 304 g/mol. The Hall–Kier alpha value is -1.24. The first-order valence-corrected chi connectivity index (χ1v) is 7.06. The molecule has 0 rings (SSSR count). The van der Waals surface area contributed by atoms with Crippen LogP contribution in [0.1, 0.15) is 40.5 Å². The van der Waals surface area contributed by atoms with Gasteiger partial charge in [-0.2, -0.15) is 12.6 Å².